The molecule has 2 saturated carbocycles. The minimum Gasteiger partial charge on any atom is -0.327 e. The van der Waals surface area contributed by atoms with Crippen LogP contribution in [0, 0.1) is 0 Å². The highest BCUT2D eigenvalue weighted by Gasteiger charge is 2.34. The fourth-order valence-electron chi connectivity index (χ4n) is 2.60. The van der Waals surface area contributed by atoms with E-state index in [1.54, 1.807) is 0 Å². The van der Waals surface area contributed by atoms with Gasteiger partial charge in [0.05, 0.1) is 0 Å². The molecular weight excluding hydrogens is 315 g/mol. The molecule has 0 spiro atoms. The first-order chi connectivity index (χ1) is 9.75. The zero-order valence-electron chi connectivity index (χ0n) is 12.5. The summed E-state index contributed by atoms with van der Waals surface area (Å²) in [5, 5.41) is 0. The fraction of sp³-hybridized carbons (Fsp3) is 0.333. The topological polar surface area (TPSA) is 52.0 Å². The van der Waals surface area contributed by atoms with Gasteiger partial charge in [-0.1, -0.05) is 60.7 Å². The normalized spacial score (nSPS) is 27.4. The van der Waals surface area contributed by atoms with Gasteiger partial charge >= 0.3 is 0 Å². The van der Waals surface area contributed by atoms with Crippen LogP contribution in [0.4, 0.5) is 0 Å². The zero-order valence-corrected chi connectivity index (χ0v) is 14.1. The van der Waals surface area contributed by atoms with Crippen molar-refractivity contribution in [1.82, 2.24) is 0 Å². The molecule has 2 aromatic carbocycles. The van der Waals surface area contributed by atoms with Gasteiger partial charge in [0, 0.05) is 23.9 Å². The Balaban J connectivity index is 0.000000202. The predicted octanol–water partition coefficient (Wildman–Crippen LogP) is 3.85. The van der Waals surface area contributed by atoms with Crippen molar-refractivity contribution in [2.45, 2.75) is 36.8 Å². The van der Waals surface area contributed by atoms with Crippen molar-refractivity contribution in [3.8, 4) is 0 Å². The van der Waals surface area contributed by atoms with Gasteiger partial charge in [-0.3, -0.25) is 0 Å². The summed E-state index contributed by atoms with van der Waals surface area (Å²) in [4.78, 5) is 0. The molecule has 4 N–H and O–H groups in total. The Hall–Kier alpha value is -1.06. The van der Waals surface area contributed by atoms with Crippen molar-refractivity contribution in [3.63, 3.8) is 0 Å². The van der Waals surface area contributed by atoms with Crippen LogP contribution >= 0.6 is 24.8 Å². The van der Waals surface area contributed by atoms with Crippen LogP contribution in [-0.2, 0) is 0 Å². The van der Waals surface area contributed by atoms with E-state index in [0.717, 1.165) is 0 Å². The molecule has 4 rings (SSSR count). The van der Waals surface area contributed by atoms with Gasteiger partial charge < -0.3 is 11.5 Å². The summed E-state index contributed by atoms with van der Waals surface area (Å²) >= 11 is 0. The highest BCUT2D eigenvalue weighted by Crippen LogP contribution is 2.39. The van der Waals surface area contributed by atoms with E-state index in [-0.39, 0.29) is 24.8 Å². The first-order valence-corrected chi connectivity index (χ1v) is 7.37. The van der Waals surface area contributed by atoms with E-state index < -0.39 is 0 Å². The van der Waals surface area contributed by atoms with Crippen LogP contribution in [-0.4, -0.2) is 12.1 Å². The number of benzene rings is 2. The largest absolute Gasteiger partial charge is 0.327 e. The van der Waals surface area contributed by atoms with Crippen molar-refractivity contribution in [3.05, 3.63) is 71.8 Å². The van der Waals surface area contributed by atoms with Gasteiger partial charge in [0.2, 0.25) is 0 Å². The summed E-state index contributed by atoms with van der Waals surface area (Å²) in [6.07, 6.45) is 2.34. The molecule has 0 heterocycles. The van der Waals surface area contributed by atoms with Crippen LogP contribution in [0.15, 0.2) is 60.7 Å². The molecule has 2 fully saturated rings. The Labute approximate surface area is 145 Å². The van der Waals surface area contributed by atoms with Gasteiger partial charge in [-0.05, 0) is 24.0 Å². The van der Waals surface area contributed by atoms with E-state index in [1.165, 1.54) is 24.0 Å². The van der Waals surface area contributed by atoms with Gasteiger partial charge in [-0.2, -0.15) is 0 Å². The van der Waals surface area contributed by atoms with Crippen LogP contribution in [0.2, 0.25) is 0 Å². The highest BCUT2D eigenvalue weighted by atomic mass is 35.5. The lowest BCUT2D eigenvalue weighted by molar-refractivity contribution is 0.990. The Morgan fingerprint density at radius 2 is 0.864 bits per heavy atom. The molecule has 2 aliphatic rings. The lowest BCUT2D eigenvalue weighted by Gasteiger charge is -1.94. The molecule has 2 nitrogen and oxygen atoms in total. The van der Waals surface area contributed by atoms with Crippen molar-refractivity contribution >= 4 is 24.8 Å². The van der Waals surface area contributed by atoms with Gasteiger partial charge in [-0.15, -0.1) is 24.8 Å². The summed E-state index contributed by atoms with van der Waals surface area (Å²) in [6.45, 7) is 0. The predicted molar refractivity (Wildman–Crippen MR) is 98.0 cm³/mol. The fourth-order valence-corrected chi connectivity index (χ4v) is 2.60. The number of hydrogen-bond acceptors (Lipinski definition) is 2. The molecule has 120 valence electrons. The van der Waals surface area contributed by atoms with Crippen molar-refractivity contribution in [1.29, 1.82) is 0 Å². The Morgan fingerprint density at radius 1 is 0.591 bits per heavy atom. The number of hydrogen-bond donors (Lipinski definition) is 2. The second-order valence-electron chi connectivity index (χ2n) is 5.83. The van der Waals surface area contributed by atoms with Crippen molar-refractivity contribution in [2.75, 3.05) is 0 Å². The molecule has 0 aliphatic heterocycles. The molecule has 0 bridgehead atoms. The molecular formula is C18H24Cl2N2. The monoisotopic (exact) mass is 338 g/mol. The van der Waals surface area contributed by atoms with Crippen molar-refractivity contribution in [2.24, 2.45) is 11.5 Å². The minimum atomic E-state index is 0. The molecule has 4 heteroatoms. The number of halogens is 2. The van der Waals surface area contributed by atoms with E-state index >= 15 is 0 Å². The van der Waals surface area contributed by atoms with Crippen molar-refractivity contribution < 1.29 is 0 Å². The third kappa shape index (κ3) is 4.99. The van der Waals surface area contributed by atoms with E-state index in [0.29, 0.717) is 23.9 Å². The Kier molecular flexibility index (Phi) is 7.37. The lowest BCUT2D eigenvalue weighted by Crippen LogP contribution is -2.00. The molecule has 0 amide bonds. The molecule has 2 aliphatic carbocycles. The number of nitrogens with two attached hydrogens (primary N) is 2. The highest BCUT2D eigenvalue weighted by molar-refractivity contribution is 5.85. The third-order valence-corrected chi connectivity index (χ3v) is 4.14. The first-order valence-electron chi connectivity index (χ1n) is 7.37. The van der Waals surface area contributed by atoms with Crippen LogP contribution < -0.4 is 11.5 Å². The smallest absolute Gasteiger partial charge is 0.0115 e. The van der Waals surface area contributed by atoms with Gasteiger partial charge in [-0.25, -0.2) is 0 Å². The first kappa shape index (κ1) is 19.0. The van der Waals surface area contributed by atoms with E-state index in [4.69, 9.17) is 11.5 Å². The summed E-state index contributed by atoms with van der Waals surface area (Å²) < 4.78 is 0. The summed E-state index contributed by atoms with van der Waals surface area (Å²) in [7, 11) is 0. The third-order valence-electron chi connectivity index (χ3n) is 4.14. The molecule has 0 saturated heterocycles. The SMILES string of the molecule is Cl.Cl.N[C@@H]1C[C@H]1c1ccccc1.N[C@H]1C[C@@H]1c1ccccc1. The standard InChI is InChI=1S/2C9H11N.2ClH/c2*10-9-6-8(9)7-4-2-1-3-5-7;;/h2*1-5,8-9H,6,10H2;2*1H/t2*8-,9+;;/m10../s1. The molecule has 0 radical (unpaired) electrons. The molecule has 22 heavy (non-hydrogen) atoms. The Morgan fingerprint density at radius 3 is 1.09 bits per heavy atom. The maximum atomic E-state index is 5.70. The maximum absolute atomic E-state index is 5.70. The summed E-state index contributed by atoms with van der Waals surface area (Å²) in [5.41, 5.74) is 14.2. The molecule has 0 unspecified atom stereocenters. The lowest BCUT2D eigenvalue weighted by atomic mass is 10.1. The molecule has 2 aromatic rings. The zero-order chi connectivity index (χ0) is 13.9. The van der Waals surface area contributed by atoms with Gasteiger partial charge in [0.25, 0.3) is 0 Å². The van der Waals surface area contributed by atoms with Gasteiger partial charge in [0.1, 0.15) is 0 Å². The second kappa shape index (κ2) is 8.54. The molecule has 4 atom stereocenters. The van der Waals surface area contributed by atoms with Crippen LogP contribution in [0.3, 0.4) is 0 Å². The summed E-state index contributed by atoms with van der Waals surface area (Å²) in [5.74, 6) is 1.31. The second-order valence-corrected chi connectivity index (χ2v) is 5.83. The van der Waals surface area contributed by atoms with E-state index in [2.05, 4.69) is 48.5 Å². The average molecular weight is 339 g/mol. The quantitative estimate of drug-likeness (QED) is 0.873. The van der Waals surface area contributed by atoms with Crippen LogP contribution in [0.5, 0.6) is 0 Å². The number of rotatable bonds is 2. The van der Waals surface area contributed by atoms with Gasteiger partial charge in [0.15, 0.2) is 0 Å². The van der Waals surface area contributed by atoms with E-state index in [9.17, 15) is 0 Å². The van der Waals surface area contributed by atoms with E-state index in [1.807, 2.05) is 12.1 Å². The maximum Gasteiger partial charge on any atom is 0.0115 e. The van der Waals surface area contributed by atoms with Crippen LogP contribution in [0.25, 0.3) is 0 Å². The molecule has 0 aromatic heterocycles. The minimum absolute atomic E-state index is 0. The average Bonchev–Trinajstić information content (AvgIpc) is 3.40. The Bertz CT molecular complexity index is 496. The summed E-state index contributed by atoms with van der Waals surface area (Å²) in [6, 6.07) is 21.8. The van der Waals surface area contributed by atoms with Crippen LogP contribution in [0.1, 0.15) is 35.8 Å².